The molecule has 0 amide bonds. The Bertz CT molecular complexity index is 446. The number of aliphatic hydroxyl groups excluding tert-OH is 1. The van der Waals surface area contributed by atoms with Crippen LogP contribution in [0.2, 0.25) is 0 Å². The number of benzene rings is 1. The van der Waals surface area contributed by atoms with Gasteiger partial charge in [0.05, 0.1) is 13.2 Å². The fourth-order valence-corrected chi connectivity index (χ4v) is 3.47. The van der Waals surface area contributed by atoms with Gasteiger partial charge in [-0.2, -0.15) is 0 Å². The van der Waals surface area contributed by atoms with Crippen molar-refractivity contribution in [2.24, 2.45) is 0 Å². The summed E-state index contributed by atoms with van der Waals surface area (Å²) in [6.45, 7) is 2.00. The molecule has 0 unspecified atom stereocenters. The minimum absolute atomic E-state index is 0.119. The SMILES string of the molecule is COc1ccc2c(c1)CC[C@@H](N1CCC[C@H](O)C1)C2. The number of aryl methyl sites for hydroxylation is 1. The van der Waals surface area contributed by atoms with E-state index >= 15 is 0 Å². The van der Waals surface area contributed by atoms with E-state index in [-0.39, 0.29) is 6.10 Å². The van der Waals surface area contributed by atoms with Crippen molar-refractivity contribution in [1.29, 1.82) is 0 Å². The highest BCUT2D eigenvalue weighted by Crippen LogP contribution is 2.29. The quantitative estimate of drug-likeness (QED) is 0.884. The maximum absolute atomic E-state index is 9.82. The molecule has 1 aliphatic carbocycles. The number of ether oxygens (including phenoxy) is 1. The summed E-state index contributed by atoms with van der Waals surface area (Å²) in [7, 11) is 1.72. The molecule has 0 aromatic heterocycles. The Morgan fingerprint density at radius 2 is 2.16 bits per heavy atom. The van der Waals surface area contributed by atoms with Crippen LogP contribution in [-0.2, 0) is 12.8 Å². The molecule has 2 aliphatic rings. The van der Waals surface area contributed by atoms with Gasteiger partial charge in [0, 0.05) is 12.6 Å². The topological polar surface area (TPSA) is 32.7 Å². The number of aliphatic hydroxyl groups is 1. The lowest BCUT2D eigenvalue weighted by atomic mass is 9.86. The number of fused-ring (bicyclic) bond motifs is 1. The lowest BCUT2D eigenvalue weighted by Gasteiger charge is -2.39. The molecule has 1 N–H and O–H groups in total. The van der Waals surface area contributed by atoms with Crippen LogP contribution in [-0.4, -0.2) is 42.4 Å². The van der Waals surface area contributed by atoms with Crippen molar-refractivity contribution in [2.75, 3.05) is 20.2 Å². The van der Waals surface area contributed by atoms with E-state index in [0.717, 1.165) is 44.5 Å². The van der Waals surface area contributed by atoms with Gasteiger partial charge < -0.3 is 9.84 Å². The Kier molecular flexibility index (Phi) is 3.76. The molecule has 2 atom stereocenters. The van der Waals surface area contributed by atoms with Gasteiger partial charge >= 0.3 is 0 Å². The zero-order valence-electron chi connectivity index (χ0n) is 11.6. The molecule has 19 heavy (non-hydrogen) atoms. The summed E-state index contributed by atoms with van der Waals surface area (Å²) in [5.41, 5.74) is 2.89. The molecule has 1 fully saturated rings. The van der Waals surface area contributed by atoms with E-state index in [2.05, 4.69) is 23.1 Å². The van der Waals surface area contributed by atoms with Gasteiger partial charge in [-0.1, -0.05) is 6.07 Å². The van der Waals surface area contributed by atoms with Gasteiger partial charge in [0.15, 0.2) is 0 Å². The molecule has 1 aromatic carbocycles. The Labute approximate surface area is 115 Å². The molecule has 3 heteroatoms. The van der Waals surface area contributed by atoms with E-state index in [4.69, 9.17) is 4.74 Å². The van der Waals surface area contributed by atoms with E-state index < -0.39 is 0 Å². The maximum atomic E-state index is 9.82. The van der Waals surface area contributed by atoms with Crippen molar-refractivity contribution >= 4 is 0 Å². The van der Waals surface area contributed by atoms with Gasteiger partial charge in [-0.3, -0.25) is 4.90 Å². The first kappa shape index (κ1) is 12.9. The first-order chi connectivity index (χ1) is 9.26. The Hall–Kier alpha value is -1.06. The van der Waals surface area contributed by atoms with Crippen molar-refractivity contribution in [3.05, 3.63) is 29.3 Å². The normalized spacial score (nSPS) is 27.9. The number of hydrogen-bond donors (Lipinski definition) is 1. The largest absolute Gasteiger partial charge is 0.497 e. The predicted molar refractivity (Wildman–Crippen MR) is 75.6 cm³/mol. The minimum Gasteiger partial charge on any atom is -0.497 e. The zero-order chi connectivity index (χ0) is 13.2. The molecule has 0 radical (unpaired) electrons. The standard InChI is InChI=1S/C16H23NO2/c1-19-16-7-5-12-9-14(6-4-13(12)10-16)17-8-2-3-15(18)11-17/h5,7,10,14-15,18H,2-4,6,8-9,11H2,1H3/t14-,15+/m1/s1. The van der Waals surface area contributed by atoms with Gasteiger partial charge in [-0.05, 0) is 61.9 Å². The van der Waals surface area contributed by atoms with E-state index in [1.165, 1.54) is 17.5 Å². The second kappa shape index (κ2) is 5.51. The highest BCUT2D eigenvalue weighted by atomic mass is 16.5. The van der Waals surface area contributed by atoms with E-state index in [1.807, 2.05) is 0 Å². The number of rotatable bonds is 2. The van der Waals surface area contributed by atoms with Crippen molar-refractivity contribution < 1.29 is 9.84 Å². The fourth-order valence-electron chi connectivity index (χ4n) is 3.47. The van der Waals surface area contributed by atoms with Crippen LogP contribution >= 0.6 is 0 Å². The van der Waals surface area contributed by atoms with Crippen LogP contribution in [0.4, 0.5) is 0 Å². The van der Waals surface area contributed by atoms with Gasteiger partial charge in [0.2, 0.25) is 0 Å². The molecule has 1 aliphatic heterocycles. The lowest BCUT2D eigenvalue weighted by molar-refractivity contribution is 0.0426. The minimum atomic E-state index is -0.119. The van der Waals surface area contributed by atoms with Crippen LogP contribution in [0.5, 0.6) is 5.75 Å². The zero-order valence-corrected chi connectivity index (χ0v) is 11.6. The summed E-state index contributed by atoms with van der Waals surface area (Å²) < 4.78 is 5.29. The van der Waals surface area contributed by atoms with E-state index in [0.29, 0.717) is 6.04 Å². The second-order valence-electron chi connectivity index (χ2n) is 5.82. The summed E-state index contributed by atoms with van der Waals surface area (Å²) in [5, 5.41) is 9.82. The van der Waals surface area contributed by atoms with Crippen LogP contribution < -0.4 is 4.74 Å². The third kappa shape index (κ3) is 2.77. The van der Waals surface area contributed by atoms with Crippen LogP contribution in [0, 0.1) is 0 Å². The van der Waals surface area contributed by atoms with Crippen LogP contribution in [0.15, 0.2) is 18.2 Å². The van der Waals surface area contributed by atoms with Crippen molar-refractivity contribution in [3.63, 3.8) is 0 Å². The summed E-state index contributed by atoms with van der Waals surface area (Å²) in [6, 6.07) is 7.06. The highest BCUT2D eigenvalue weighted by Gasteiger charge is 2.28. The lowest BCUT2D eigenvalue weighted by Crippen LogP contribution is -2.46. The van der Waals surface area contributed by atoms with Crippen molar-refractivity contribution in [2.45, 2.75) is 44.2 Å². The molecule has 1 saturated heterocycles. The molecule has 1 aromatic rings. The number of piperidine rings is 1. The smallest absolute Gasteiger partial charge is 0.119 e. The second-order valence-corrected chi connectivity index (χ2v) is 5.82. The summed E-state index contributed by atoms with van der Waals surface area (Å²) in [4.78, 5) is 2.49. The van der Waals surface area contributed by atoms with Gasteiger partial charge in [-0.15, -0.1) is 0 Å². The Balaban J connectivity index is 1.71. The van der Waals surface area contributed by atoms with Crippen molar-refractivity contribution in [1.82, 2.24) is 4.90 Å². The highest BCUT2D eigenvalue weighted by molar-refractivity contribution is 5.37. The van der Waals surface area contributed by atoms with Gasteiger partial charge in [0.1, 0.15) is 5.75 Å². The molecular weight excluding hydrogens is 238 g/mol. The maximum Gasteiger partial charge on any atom is 0.119 e. The summed E-state index contributed by atoms with van der Waals surface area (Å²) in [5.74, 6) is 0.964. The average Bonchev–Trinajstić information content (AvgIpc) is 2.46. The van der Waals surface area contributed by atoms with E-state index in [9.17, 15) is 5.11 Å². The van der Waals surface area contributed by atoms with Gasteiger partial charge in [0.25, 0.3) is 0 Å². The molecule has 0 bridgehead atoms. The third-order valence-corrected chi connectivity index (χ3v) is 4.56. The number of β-amino-alcohol motifs (C(OH)–C–C–N with tert-alkyl or cyclic N) is 1. The number of likely N-dealkylation sites (tertiary alicyclic amines) is 1. The molecule has 1 heterocycles. The Morgan fingerprint density at radius 1 is 1.26 bits per heavy atom. The Morgan fingerprint density at radius 3 is 2.95 bits per heavy atom. The van der Waals surface area contributed by atoms with Crippen LogP contribution in [0.1, 0.15) is 30.4 Å². The monoisotopic (exact) mass is 261 g/mol. The van der Waals surface area contributed by atoms with Crippen molar-refractivity contribution in [3.8, 4) is 5.75 Å². The summed E-state index contributed by atoms with van der Waals surface area (Å²) >= 11 is 0. The fraction of sp³-hybridized carbons (Fsp3) is 0.625. The number of methoxy groups -OCH3 is 1. The molecule has 0 spiro atoms. The number of hydrogen-bond acceptors (Lipinski definition) is 3. The predicted octanol–water partition coefficient (Wildman–Crippen LogP) is 2.01. The molecular formula is C16H23NO2. The first-order valence-electron chi connectivity index (χ1n) is 7.34. The average molecular weight is 261 g/mol. The molecule has 104 valence electrons. The third-order valence-electron chi connectivity index (χ3n) is 4.56. The number of nitrogens with zero attached hydrogens (tertiary/aromatic N) is 1. The molecule has 0 saturated carbocycles. The van der Waals surface area contributed by atoms with Gasteiger partial charge in [-0.25, -0.2) is 0 Å². The van der Waals surface area contributed by atoms with Crippen LogP contribution in [0.25, 0.3) is 0 Å². The summed E-state index contributed by atoms with van der Waals surface area (Å²) in [6.07, 6.45) is 5.43. The molecule has 3 rings (SSSR count). The molecule has 3 nitrogen and oxygen atoms in total. The van der Waals surface area contributed by atoms with E-state index in [1.54, 1.807) is 7.11 Å². The first-order valence-corrected chi connectivity index (χ1v) is 7.34. The van der Waals surface area contributed by atoms with Crippen LogP contribution in [0.3, 0.4) is 0 Å².